The van der Waals surface area contributed by atoms with Crippen LogP contribution in [0.4, 0.5) is 0 Å². The van der Waals surface area contributed by atoms with Gasteiger partial charge in [0, 0.05) is 57.3 Å². The fourth-order valence-corrected chi connectivity index (χ4v) is 6.06. The fraction of sp³-hybridized carbons (Fsp3) is 0.406. The second-order valence-corrected chi connectivity index (χ2v) is 11.1. The van der Waals surface area contributed by atoms with Gasteiger partial charge in [0.2, 0.25) is 0 Å². The van der Waals surface area contributed by atoms with E-state index in [1.165, 1.54) is 16.7 Å². The van der Waals surface area contributed by atoms with Crippen molar-refractivity contribution in [2.75, 3.05) is 32.7 Å². The van der Waals surface area contributed by atoms with Gasteiger partial charge >= 0.3 is 5.97 Å². The van der Waals surface area contributed by atoms with Crippen LogP contribution in [0.2, 0.25) is 0 Å². The Morgan fingerprint density at radius 2 is 1.61 bits per heavy atom. The number of hydrogen-bond acceptors (Lipinski definition) is 5. The van der Waals surface area contributed by atoms with Crippen molar-refractivity contribution in [2.24, 2.45) is 0 Å². The molecule has 200 valence electrons. The summed E-state index contributed by atoms with van der Waals surface area (Å²) < 4.78 is 0. The number of hydrogen-bond donors (Lipinski definition) is 2. The highest BCUT2D eigenvalue weighted by Gasteiger charge is 2.35. The Balaban J connectivity index is 1.33. The Kier molecular flexibility index (Phi) is 8.12. The predicted molar refractivity (Wildman–Crippen MR) is 150 cm³/mol. The van der Waals surface area contributed by atoms with E-state index < -0.39 is 5.97 Å². The number of likely N-dealkylation sites (tertiary alicyclic amines) is 1. The number of nitrogens with zero attached hydrogens (tertiary/aromatic N) is 3. The van der Waals surface area contributed by atoms with E-state index in [0.717, 1.165) is 38.3 Å². The van der Waals surface area contributed by atoms with Gasteiger partial charge in [-0.3, -0.25) is 14.6 Å². The summed E-state index contributed by atoms with van der Waals surface area (Å²) in [5.41, 5.74) is 5.00. The summed E-state index contributed by atoms with van der Waals surface area (Å²) in [6.45, 7) is 9.97. The molecular formula is C32H39N3O3. The summed E-state index contributed by atoms with van der Waals surface area (Å²) in [6, 6.07) is 28.2. The summed E-state index contributed by atoms with van der Waals surface area (Å²) in [6.07, 6.45) is 0.201. The van der Waals surface area contributed by atoms with Crippen molar-refractivity contribution < 1.29 is 15.0 Å². The van der Waals surface area contributed by atoms with E-state index in [-0.39, 0.29) is 12.5 Å². The third kappa shape index (κ3) is 6.09. The Morgan fingerprint density at radius 3 is 2.29 bits per heavy atom. The van der Waals surface area contributed by atoms with Crippen LogP contribution in [0.1, 0.15) is 54.5 Å². The van der Waals surface area contributed by atoms with Crippen LogP contribution in [0.5, 0.6) is 5.75 Å². The van der Waals surface area contributed by atoms with E-state index >= 15 is 0 Å². The lowest BCUT2D eigenvalue weighted by molar-refractivity contribution is -0.137. The summed E-state index contributed by atoms with van der Waals surface area (Å²) in [5, 5.41) is 19.3. The largest absolute Gasteiger partial charge is 0.508 e. The van der Waals surface area contributed by atoms with Gasteiger partial charge in [0.05, 0.1) is 12.5 Å². The zero-order valence-corrected chi connectivity index (χ0v) is 22.4. The molecule has 0 amide bonds. The second kappa shape index (κ2) is 11.7. The summed E-state index contributed by atoms with van der Waals surface area (Å²) >= 11 is 0. The minimum atomic E-state index is -0.736. The molecule has 0 aromatic heterocycles. The van der Waals surface area contributed by atoms with E-state index in [9.17, 15) is 9.90 Å². The van der Waals surface area contributed by atoms with Gasteiger partial charge in [-0.25, -0.2) is 0 Å². The fourth-order valence-electron chi connectivity index (χ4n) is 6.06. The number of phenolic OH excluding ortho intramolecular Hbond substituents is 1. The average Bonchev–Trinajstić information content (AvgIpc) is 2.87. The molecule has 0 radical (unpaired) electrons. The van der Waals surface area contributed by atoms with Crippen LogP contribution in [-0.4, -0.2) is 75.7 Å². The molecule has 0 saturated carbocycles. The first-order chi connectivity index (χ1) is 18.4. The molecule has 2 N–H and O–H groups in total. The number of benzene rings is 3. The van der Waals surface area contributed by atoms with Crippen LogP contribution in [0.3, 0.4) is 0 Å². The van der Waals surface area contributed by atoms with Crippen molar-refractivity contribution in [3.8, 4) is 5.75 Å². The first-order valence-electron chi connectivity index (χ1n) is 13.7. The molecule has 3 aromatic rings. The lowest BCUT2D eigenvalue weighted by Crippen LogP contribution is -2.56. The number of aromatic hydroxyl groups is 1. The molecule has 1 unspecified atom stereocenters. The van der Waals surface area contributed by atoms with Gasteiger partial charge in [0.1, 0.15) is 5.75 Å². The number of piperazine rings is 1. The molecule has 2 aliphatic heterocycles. The van der Waals surface area contributed by atoms with Gasteiger partial charge in [-0.2, -0.15) is 0 Å². The van der Waals surface area contributed by atoms with Gasteiger partial charge in [0.15, 0.2) is 0 Å². The van der Waals surface area contributed by atoms with Gasteiger partial charge in [-0.1, -0.05) is 66.7 Å². The van der Waals surface area contributed by atoms with E-state index in [2.05, 4.69) is 89.2 Å². The molecule has 5 rings (SSSR count). The molecular weight excluding hydrogens is 474 g/mol. The van der Waals surface area contributed by atoms with Crippen LogP contribution in [0.15, 0.2) is 78.9 Å². The van der Waals surface area contributed by atoms with Crippen LogP contribution in [0.25, 0.3) is 0 Å². The molecule has 0 bridgehead atoms. The number of carbonyl (C=O) groups is 1. The van der Waals surface area contributed by atoms with Crippen LogP contribution in [-0.2, 0) is 11.3 Å². The molecule has 2 heterocycles. The van der Waals surface area contributed by atoms with E-state index in [1.807, 2.05) is 12.1 Å². The number of carboxylic acid groups (broad SMARTS) is 1. The van der Waals surface area contributed by atoms with E-state index in [4.69, 9.17) is 5.11 Å². The molecule has 6 heteroatoms. The number of aliphatic carboxylic acids is 1. The molecule has 38 heavy (non-hydrogen) atoms. The molecule has 3 atom stereocenters. The standard InChI is InChI=1S/C32H39N3O3/c1-23-19-35(24(2)18-34(23)20-25-7-4-3-5-8-25)32(28-9-6-10-30(36)17-28)27-13-11-26(12-14-27)29-21-33(22-29)16-15-31(37)38/h3-14,17,23-24,29,32,36H,15-16,18-22H2,1-2H3,(H,37,38)/t23-,24-,32?/m1/s1. The highest BCUT2D eigenvalue weighted by molar-refractivity contribution is 5.66. The molecule has 2 saturated heterocycles. The summed E-state index contributed by atoms with van der Waals surface area (Å²) in [7, 11) is 0. The average molecular weight is 514 g/mol. The zero-order valence-electron chi connectivity index (χ0n) is 22.4. The third-order valence-corrected chi connectivity index (χ3v) is 8.23. The van der Waals surface area contributed by atoms with Gasteiger partial charge < -0.3 is 15.1 Å². The zero-order chi connectivity index (χ0) is 26.6. The smallest absolute Gasteiger partial charge is 0.304 e. The lowest BCUT2D eigenvalue weighted by Gasteiger charge is -2.48. The van der Waals surface area contributed by atoms with Crippen molar-refractivity contribution in [3.63, 3.8) is 0 Å². The summed E-state index contributed by atoms with van der Waals surface area (Å²) in [5.74, 6) is 0.0150. The maximum absolute atomic E-state index is 10.9. The first-order valence-corrected chi connectivity index (χ1v) is 13.7. The Hall–Kier alpha value is -3.19. The normalized spacial score (nSPS) is 22.2. The first kappa shape index (κ1) is 26.4. The van der Waals surface area contributed by atoms with Gasteiger partial charge in [-0.05, 0) is 48.2 Å². The molecule has 0 spiro atoms. The van der Waals surface area contributed by atoms with Crippen molar-refractivity contribution in [2.45, 2.75) is 50.9 Å². The molecule has 2 aliphatic rings. The Bertz CT molecular complexity index is 1210. The van der Waals surface area contributed by atoms with E-state index in [0.29, 0.717) is 30.3 Å². The molecule has 2 fully saturated rings. The SMILES string of the molecule is C[C@@H]1CN(C(c2ccc(C3CN(CCC(=O)O)C3)cc2)c2cccc(O)c2)[C@H](C)CN1Cc1ccccc1. The highest BCUT2D eigenvalue weighted by Crippen LogP contribution is 2.36. The minimum Gasteiger partial charge on any atom is -0.508 e. The number of phenols is 1. The molecule has 6 nitrogen and oxygen atoms in total. The quantitative estimate of drug-likeness (QED) is 0.422. The third-order valence-electron chi connectivity index (χ3n) is 8.23. The highest BCUT2D eigenvalue weighted by atomic mass is 16.4. The van der Waals surface area contributed by atoms with Gasteiger partial charge in [-0.15, -0.1) is 0 Å². The van der Waals surface area contributed by atoms with Crippen molar-refractivity contribution >= 4 is 5.97 Å². The second-order valence-electron chi connectivity index (χ2n) is 11.1. The van der Waals surface area contributed by atoms with Crippen LogP contribution < -0.4 is 0 Å². The molecule has 3 aromatic carbocycles. The predicted octanol–water partition coefficient (Wildman–Crippen LogP) is 4.95. The maximum Gasteiger partial charge on any atom is 0.304 e. The minimum absolute atomic E-state index is 0.0564. The maximum atomic E-state index is 10.9. The Labute approximate surface area is 226 Å². The lowest BCUT2D eigenvalue weighted by atomic mass is 9.88. The van der Waals surface area contributed by atoms with Crippen molar-refractivity contribution in [1.29, 1.82) is 0 Å². The number of rotatable bonds is 9. The van der Waals surface area contributed by atoms with Crippen LogP contribution in [0, 0.1) is 0 Å². The van der Waals surface area contributed by atoms with Gasteiger partial charge in [0.25, 0.3) is 0 Å². The molecule has 0 aliphatic carbocycles. The van der Waals surface area contributed by atoms with E-state index in [1.54, 1.807) is 6.07 Å². The van der Waals surface area contributed by atoms with Crippen molar-refractivity contribution in [1.82, 2.24) is 14.7 Å². The number of carboxylic acids is 1. The van der Waals surface area contributed by atoms with Crippen molar-refractivity contribution in [3.05, 3.63) is 101 Å². The Morgan fingerprint density at radius 1 is 0.868 bits per heavy atom. The topological polar surface area (TPSA) is 67.2 Å². The summed E-state index contributed by atoms with van der Waals surface area (Å²) in [4.78, 5) is 18.2. The monoisotopic (exact) mass is 513 g/mol. The van der Waals surface area contributed by atoms with Crippen LogP contribution >= 0.6 is 0 Å².